The maximum atomic E-state index is 11.1. The number of nitrogens with one attached hydrogen (secondary N) is 1. The van der Waals surface area contributed by atoms with Gasteiger partial charge in [0.15, 0.2) is 0 Å². The Balaban J connectivity index is 2.19. The summed E-state index contributed by atoms with van der Waals surface area (Å²) < 4.78 is 0. The predicted octanol–water partition coefficient (Wildman–Crippen LogP) is 4.35. The van der Waals surface area contributed by atoms with E-state index in [1.165, 1.54) is 4.88 Å². The summed E-state index contributed by atoms with van der Waals surface area (Å²) in [5, 5.41) is 16.3. The minimum Gasteiger partial charge on any atom is -0.379 e. The van der Waals surface area contributed by atoms with Gasteiger partial charge in [-0.25, -0.2) is 0 Å². The molecule has 0 radical (unpaired) electrons. The molecule has 1 N–H and O–H groups in total. The van der Waals surface area contributed by atoms with Gasteiger partial charge in [0.25, 0.3) is 5.69 Å². The second-order valence-electron chi connectivity index (χ2n) is 5.49. The fourth-order valence-electron chi connectivity index (χ4n) is 2.02. The molecule has 5 heteroatoms. The average molecular weight is 290 g/mol. The first-order valence-electron chi connectivity index (χ1n) is 6.43. The Morgan fingerprint density at radius 1 is 1.35 bits per heavy atom. The van der Waals surface area contributed by atoms with Crippen LogP contribution < -0.4 is 5.32 Å². The molecule has 0 spiro atoms. The van der Waals surface area contributed by atoms with E-state index in [9.17, 15) is 10.1 Å². The highest BCUT2D eigenvalue weighted by Crippen LogP contribution is 2.30. The molecule has 0 bridgehead atoms. The molecule has 0 atom stereocenters. The standard InChI is InChI=1S/C15H18N2O2S/c1-11-6-7-13(17(18)19)12(9-11)16-10-15(2,3)14-5-4-8-20-14/h4-9,16H,10H2,1-3H3. The first kappa shape index (κ1) is 14.5. The number of nitro benzene ring substituents is 1. The van der Waals surface area contributed by atoms with Crippen molar-refractivity contribution < 1.29 is 4.92 Å². The lowest BCUT2D eigenvalue weighted by Crippen LogP contribution is -2.26. The van der Waals surface area contributed by atoms with Gasteiger partial charge in [-0.3, -0.25) is 10.1 Å². The van der Waals surface area contributed by atoms with Crippen molar-refractivity contribution in [3.05, 3.63) is 56.3 Å². The van der Waals surface area contributed by atoms with Crippen molar-refractivity contribution in [2.45, 2.75) is 26.2 Å². The van der Waals surface area contributed by atoms with Crippen LogP contribution >= 0.6 is 11.3 Å². The van der Waals surface area contributed by atoms with E-state index < -0.39 is 0 Å². The summed E-state index contributed by atoms with van der Waals surface area (Å²) in [7, 11) is 0. The Kier molecular flexibility index (Phi) is 4.09. The molecule has 4 nitrogen and oxygen atoms in total. The third kappa shape index (κ3) is 3.17. The van der Waals surface area contributed by atoms with E-state index in [1.54, 1.807) is 23.5 Å². The van der Waals surface area contributed by atoms with Crippen molar-refractivity contribution in [2.75, 3.05) is 11.9 Å². The molecule has 1 aromatic heterocycles. The van der Waals surface area contributed by atoms with Crippen molar-refractivity contribution in [2.24, 2.45) is 0 Å². The lowest BCUT2D eigenvalue weighted by atomic mass is 9.91. The Bertz CT molecular complexity index is 606. The molecule has 0 fully saturated rings. The molecule has 0 unspecified atom stereocenters. The summed E-state index contributed by atoms with van der Waals surface area (Å²) in [5.41, 5.74) is 1.65. The van der Waals surface area contributed by atoms with Crippen LogP contribution in [0.1, 0.15) is 24.3 Å². The van der Waals surface area contributed by atoms with E-state index in [1.807, 2.05) is 24.4 Å². The van der Waals surface area contributed by atoms with Crippen LogP contribution in [0.2, 0.25) is 0 Å². The number of anilines is 1. The van der Waals surface area contributed by atoms with Crippen LogP contribution in [0.15, 0.2) is 35.7 Å². The number of hydrogen-bond donors (Lipinski definition) is 1. The number of benzene rings is 1. The minimum atomic E-state index is -0.347. The predicted molar refractivity (Wildman–Crippen MR) is 83.7 cm³/mol. The monoisotopic (exact) mass is 290 g/mol. The molecule has 106 valence electrons. The number of nitrogens with zero attached hydrogens (tertiary/aromatic N) is 1. The molecular weight excluding hydrogens is 272 g/mol. The topological polar surface area (TPSA) is 55.2 Å². The molecule has 0 amide bonds. The summed E-state index contributed by atoms with van der Waals surface area (Å²) >= 11 is 1.70. The zero-order chi connectivity index (χ0) is 14.8. The first-order valence-corrected chi connectivity index (χ1v) is 7.31. The third-order valence-electron chi connectivity index (χ3n) is 3.26. The van der Waals surface area contributed by atoms with Crippen LogP contribution in [0.3, 0.4) is 0 Å². The smallest absolute Gasteiger partial charge is 0.292 e. The van der Waals surface area contributed by atoms with Crippen molar-refractivity contribution >= 4 is 22.7 Å². The highest BCUT2D eigenvalue weighted by Gasteiger charge is 2.23. The summed E-state index contributed by atoms with van der Waals surface area (Å²) in [6.45, 7) is 6.85. The second kappa shape index (κ2) is 5.63. The zero-order valence-corrected chi connectivity index (χ0v) is 12.7. The van der Waals surface area contributed by atoms with Gasteiger partial charge >= 0.3 is 0 Å². The maximum Gasteiger partial charge on any atom is 0.292 e. The van der Waals surface area contributed by atoms with Crippen molar-refractivity contribution in [1.82, 2.24) is 0 Å². The normalized spacial score (nSPS) is 11.3. The van der Waals surface area contributed by atoms with E-state index in [-0.39, 0.29) is 16.0 Å². The van der Waals surface area contributed by atoms with Gasteiger partial charge in [-0.05, 0) is 30.0 Å². The molecule has 0 aliphatic rings. The van der Waals surface area contributed by atoms with E-state index in [4.69, 9.17) is 0 Å². The number of rotatable bonds is 5. The molecule has 0 saturated heterocycles. The van der Waals surface area contributed by atoms with Crippen molar-refractivity contribution in [3.8, 4) is 0 Å². The highest BCUT2D eigenvalue weighted by molar-refractivity contribution is 7.10. The Morgan fingerprint density at radius 3 is 2.70 bits per heavy atom. The van der Waals surface area contributed by atoms with E-state index in [0.717, 1.165) is 5.56 Å². The van der Waals surface area contributed by atoms with Crippen molar-refractivity contribution in [1.29, 1.82) is 0 Å². The molecule has 2 rings (SSSR count). The highest BCUT2D eigenvalue weighted by atomic mass is 32.1. The van der Waals surface area contributed by atoms with Crippen LogP contribution in [0.4, 0.5) is 11.4 Å². The van der Waals surface area contributed by atoms with Crippen LogP contribution in [-0.4, -0.2) is 11.5 Å². The third-order valence-corrected chi connectivity index (χ3v) is 4.49. The van der Waals surface area contributed by atoms with Gasteiger partial charge in [0.1, 0.15) is 5.69 Å². The quantitative estimate of drug-likeness (QED) is 0.657. The zero-order valence-electron chi connectivity index (χ0n) is 11.8. The Morgan fingerprint density at radius 2 is 2.10 bits per heavy atom. The molecule has 0 aliphatic carbocycles. The number of nitro groups is 1. The first-order chi connectivity index (χ1) is 9.40. The van der Waals surface area contributed by atoms with E-state index >= 15 is 0 Å². The van der Waals surface area contributed by atoms with Crippen LogP contribution in [0, 0.1) is 17.0 Å². The van der Waals surface area contributed by atoms with Gasteiger partial charge in [0.05, 0.1) is 4.92 Å². The lowest BCUT2D eigenvalue weighted by Gasteiger charge is -2.24. The SMILES string of the molecule is Cc1ccc([N+](=O)[O-])c(NCC(C)(C)c2cccs2)c1. The molecule has 0 aliphatic heterocycles. The molecule has 20 heavy (non-hydrogen) atoms. The van der Waals surface area contributed by atoms with E-state index in [0.29, 0.717) is 12.2 Å². The summed E-state index contributed by atoms with van der Waals surface area (Å²) in [4.78, 5) is 12.0. The average Bonchev–Trinajstić information content (AvgIpc) is 2.90. The summed E-state index contributed by atoms with van der Waals surface area (Å²) in [5.74, 6) is 0. The van der Waals surface area contributed by atoms with Crippen LogP contribution in [-0.2, 0) is 5.41 Å². The maximum absolute atomic E-state index is 11.1. The molecule has 1 heterocycles. The second-order valence-corrected chi connectivity index (χ2v) is 6.44. The number of thiophene rings is 1. The van der Waals surface area contributed by atoms with Crippen molar-refractivity contribution in [3.63, 3.8) is 0 Å². The van der Waals surface area contributed by atoms with Gasteiger partial charge in [-0.15, -0.1) is 11.3 Å². The number of aryl methyl sites for hydroxylation is 1. The fraction of sp³-hybridized carbons (Fsp3) is 0.333. The molecular formula is C15H18N2O2S. The Hall–Kier alpha value is -1.88. The van der Waals surface area contributed by atoms with Gasteiger partial charge in [0, 0.05) is 22.9 Å². The minimum absolute atomic E-state index is 0.0637. The summed E-state index contributed by atoms with van der Waals surface area (Å²) in [6.07, 6.45) is 0. The molecule has 0 saturated carbocycles. The number of hydrogen-bond acceptors (Lipinski definition) is 4. The largest absolute Gasteiger partial charge is 0.379 e. The van der Waals surface area contributed by atoms with E-state index in [2.05, 4.69) is 25.2 Å². The van der Waals surface area contributed by atoms with Gasteiger partial charge in [-0.1, -0.05) is 26.0 Å². The Labute approximate surface area is 122 Å². The summed E-state index contributed by atoms with van der Waals surface area (Å²) in [6, 6.07) is 9.25. The van der Waals surface area contributed by atoms with Gasteiger partial charge < -0.3 is 5.32 Å². The molecule has 1 aromatic carbocycles. The van der Waals surface area contributed by atoms with Crippen LogP contribution in [0.25, 0.3) is 0 Å². The fourth-order valence-corrected chi connectivity index (χ4v) is 2.87. The van der Waals surface area contributed by atoms with Gasteiger partial charge in [-0.2, -0.15) is 0 Å². The lowest BCUT2D eigenvalue weighted by molar-refractivity contribution is -0.384. The van der Waals surface area contributed by atoms with Crippen LogP contribution in [0.5, 0.6) is 0 Å². The van der Waals surface area contributed by atoms with Gasteiger partial charge in [0.2, 0.25) is 0 Å². The molecule has 2 aromatic rings.